The summed E-state index contributed by atoms with van der Waals surface area (Å²) >= 11 is 0. The number of nitrogens with zero attached hydrogens (tertiary/aromatic N) is 1. The molecule has 0 saturated carbocycles. The van der Waals surface area contributed by atoms with Crippen molar-refractivity contribution in [1.82, 2.24) is 5.32 Å². The van der Waals surface area contributed by atoms with Gasteiger partial charge in [-0.3, -0.25) is 0 Å². The Balaban J connectivity index is 0.00000144. The van der Waals surface area contributed by atoms with E-state index in [0.717, 1.165) is 6.54 Å². The van der Waals surface area contributed by atoms with Crippen LogP contribution >= 0.6 is 12.4 Å². The number of halogens is 2. The maximum Gasteiger partial charge on any atom is 0.149 e. The summed E-state index contributed by atoms with van der Waals surface area (Å²) in [5.74, 6) is 0.564. The average molecular weight is 257 g/mol. The van der Waals surface area contributed by atoms with Gasteiger partial charge in [-0.25, -0.2) is 4.39 Å². The molecule has 1 fully saturated rings. The molecule has 0 amide bonds. The zero-order valence-corrected chi connectivity index (χ0v) is 10.0. The number of piperidine rings is 1. The fraction of sp³-hybridized carbons (Fsp3) is 0.417. The van der Waals surface area contributed by atoms with Gasteiger partial charge in [0.05, 0.1) is 11.6 Å². The lowest BCUT2D eigenvalue weighted by molar-refractivity contribution is 0.0731. The van der Waals surface area contributed by atoms with Crippen molar-refractivity contribution in [3.63, 3.8) is 0 Å². The van der Waals surface area contributed by atoms with Gasteiger partial charge in [0.2, 0.25) is 0 Å². The number of benzene rings is 1. The molecule has 1 aliphatic rings. The van der Waals surface area contributed by atoms with Crippen molar-refractivity contribution in [2.24, 2.45) is 0 Å². The molecule has 1 aliphatic heterocycles. The normalized spacial score (nSPS) is 23.3. The van der Waals surface area contributed by atoms with Crippen LogP contribution in [0.3, 0.4) is 0 Å². The molecule has 1 heterocycles. The van der Waals surface area contributed by atoms with Gasteiger partial charge in [-0.1, -0.05) is 6.07 Å². The van der Waals surface area contributed by atoms with E-state index < -0.39 is 12.3 Å². The lowest BCUT2D eigenvalue weighted by Gasteiger charge is -2.27. The van der Waals surface area contributed by atoms with E-state index >= 15 is 0 Å². The molecular weight excluding hydrogens is 243 g/mol. The molecule has 2 atom stereocenters. The van der Waals surface area contributed by atoms with Crippen molar-refractivity contribution in [1.29, 1.82) is 5.26 Å². The molecule has 92 valence electrons. The lowest BCUT2D eigenvalue weighted by atomic mass is 10.1. The Morgan fingerprint density at radius 1 is 1.47 bits per heavy atom. The predicted molar refractivity (Wildman–Crippen MR) is 65.2 cm³/mol. The van der Waals surface area contributed by atoms with Gasteiger partial charge in [-0.2, -0.15) is 5.26 Å². The van der Waals surface area contributed by atoms with E-state index in [1.807, 2.05) is 6.07 Å². The van der Waals surface area contributed by atoms with Gasteiger partial charge in [0.1, 0.15) is 18.0 Å². The monoisotopic (exact) mass is 256 g/mol. The van der Waals surface area contributed by atoms with Gasteiger partial charge in [-0.15, -0.1) is 12.4 Å². The quantitative estimate of drug-likeness (QED) is 0.881. The first-order chi connectivity index (χ1) is 7.79. The Morgan fingerprint density at radius 3 is 3.00 bits per heavy atom. The molecule has 1 aromatic carbocycles. The molecule has 17 heavy (non-hydrogen) atoms. The van der Waals surface area contributed by atoms with Crippen molar-refractivity contribution in [2.45, 2.75) is 18.7 Å². The highest BCUT2D eigenvalue weighted by Crippen LogP contribution is 2.19. The minimum Gasteiger partial charge on any atom is -0.487 e. The highest BCUT2D eigenvalue weighted by Gasteiger charge is 2.26. The van der Waals surface area contributed by atoms with Crippen LogP contribution in [-0.2, 0) is 0 Å². The minimum atomic E-state index is -0.987. The molecular formula is C12H14ClFN2O. The van der Waals surface area contributed by atoms with Crippen LogP contribution in [0.5, 0.6) is 5.75 Å². The molecule has 5 heteroatoms. The first-order valence-corrected chi connectivity index (χ1v) is 5.31. The Hall–Kier alpha value is -1.31. The first-order valence-electron chi connectivity index (χ1n) is 5.31. The van der Waals surface area contributed by atoms with Crippen molar-refractivity contribution < 1.29 is 9.13 Å². The summed E-state index contributed by atoms with van der Waals surface area (Å²) in [7, 11) is 0. The third kappa shape index (κ3) is 3.58. The van der Waals surface area contributed by atoms with Crippen LogP contribution in [0.2, 0.25) is 0 Å². The summed E-state index contributed by atoms with van der Waals surface area (Å²) in [5.41, 5.74) is 0.529. The van der Waals surface area contributed by atoms with E-state index in [9.17, 15) is 4.39 Å². The van der Waals surface area contributed by atoms with Gasteiger partial charge in [0.15, 0.2) is 0 Å². The van der Waals surface area contributed by atoms with Crippen LogP contribution in [0.25, 0.3) is 0 Å². The van der Waals surface area contributed by atoms with E-state index in [0.29, 0.717) is 24.3 Å². The molecule has 0 bridgehead atoms. The number of ether oxygens (including phenoxy) is 1. The second-order valence-electron chi connectivity index (χ2n) is 3.80. The van der Waals surface area contributed by atoms with Crippen LogP contribution in [0, 0.1) is 11.3 Å². The molecule has 1 N–H and O–H groups in total. The SMILES string of the molecule is Cl.N#Cc1cccc(OC2CCNC[C@@H]2F)c1. The van der Waals surface area contributed by atoms with Crippen molar-refractivity contribution >= 4 is 12.4 Å². The van der Waals surface area contributed by atoms with Gasteiger partial charge >= 0.3 is 0 Å². The Labute approximate surface area is 106 Å². The molecule has 1 saturated heterocycles. The van der Waals surface area contributed by atoms with E-state index in [1.165, 1.54) is 0 Å². The molecule has 0 aliphatic carbocycles. The molecule has 2 rings (SSSR count). The topological polar surface area (TPSA) is 45.0 Å². The number of hydrogen-bond donors (Lipinski definition) is 1. The van der Waals surface area contributed by atoms with Gasteiger partial charge in [0.25, 0.3) is 0 Å². The van der Waals surface area contributed by atoms with Gasteiger partial charge < -0.3 is 10.1 Å². The number of alkyl halides is 1. The summed E-state index contributed by atoms with van der Waals surface area (Å²) in [5, 5.41) is 11.7. The lowest BCUT2D eigenvalue weighted by Crippen LogP contribution is -2.44. The van der Waals surface area contributed by atoms with E-state index in [1.54, 1.807) is 24.3 Å². The van der Waals surface area contributed by atoms with Crippen molar-refractivity contribution in [3.05, 3.63) is 29.8 Å². The third-order valence-corrected chi connectivity index (χ3v) is 2.60. The fourth-order valence-electron chi connectivity index (χ4n) is 1.74. The second kappa shape index (κ2) is 6.43. The maximum absolute atomic E-state index is 13.5. The molecule has 0 spiro atoms. The molecule has 3 nitrogen and oxygen atoms in total. The predicted octanol–water partition coefficient (Wildman–Crippen LogP) is 2.06. The van der Waals surface area contributed by atoms with E-state index in [2.05, 4.69) is 5.32 Å². The fourth-order valence-corrected chi connectivity index (χ4v) is 1.74. The molecule has 1 aromatic rings. The zero-order chi connectivity index (χ0) is 11.4. The standard InChI is InChI=1S/C12H13FN2O.ClH/c13-11-8-15-5-4-12(11)16-10-3-1-2-9(6-10)7-14;/h1-3,6,11-12,15H,4-5,8H2;1H/t11-,12?;/m0./s1. The maximum atomic E-state index is 13.5. The number of nitriles is 1. The summed E-state index contributed by atoms with van der Waals surface area (Å²) in [6.07, 6.45) is -0.743. The molecule has 1 unspecified atom stereocenters. The highest BCUT2D eigenvalue weighted by molar-refractivity contribution is 5.85. The van der Waals surface area contributed by atoms with E-state index in [-0.39, 0.29) is 12.4 Å². The van der Waals surface area contributed by atoms with Crippen LogP contribution in [0.15, 0.2) is 24.3 Å². The summed E-state index contributed by atoms with van der Waals surface area (Å²) in [6, 6.07) is 8.84. The first kappa shape index (κ1) is 13.8. The Kier molecular flexibility index (Phi) is 5.20. The Morgan fingerprint density at radius 2 is 2.29 bits per heavy atom. The smallest absolute Gasteiger partial charge is 0.149 e. The summed E-state index contributed by atoms with van der Waals surface area (Å²) in [4.78, 5) is 0. The number of hydrogen-bond acceptors (Lipinski definition) is 3. The van der Waals surface area contributed by atoms with E-state index in [4.69, 9.17) is 10.00 Å². The van der Waals surface area contributed by atoms with Crippen LogP contribution in [0.1, 0.15) is 12.0 Å². The average Bonchev–Trinajstić information content (AvgIpc) is 2.32. The largest absolute Gasteiger partial charge is 0.487 e. The molecule has 0 aromatic heterocycles. The van der Waals surface area contributed by atoms with Crippen molar-refractivity contribution in [3.8, 4) is 11.8 Å². The van der Waals surface area contributed by atoms with Crippen LogP contribution in [-0.4, -0.2) is 25.4 Å². The number of rotatable bonds is 2. The third-order valence-electron chi connectivity index (χ3n) is 2.60. The highest BCUT2D eigenvalue weighted by atomic mass is 35.5. The minimum absolute atomic E-state index is 0. The van der Waals surface area contributed by atoms with Crippen molar-refractivity contribution in [2.75, 3.05) is 13.1 Å². The molecule has 0 radical (unpaired) electrons. The van der Waals surface area contributed by atoms with Gasteiger partial charge in [-0.05, 0) is 31.2 Å². The van der Waals surface area contributed by atoms with Crippen LogP contribution in [0.4, 0.5) is 4.39 Å². The second-order valence-corrected chi connectivity index (χ2v) is 3.80. The van der Waals surface area contributed by atoms with Gasteiger partial charge in [0, 0.05) is 6.54 Å². The summed E-state index contributed by atoms with van der Waals surface area (Å²) in [6.45, 7) is 1.10. The number of nitrogens with one attached hydrogen (secondary N) is 1. The van der Waals surface area contributed by atoms with Crippen LogP contribution < -0.4 is 10.1 Å². The summed E-state index contributed by atoms with van der Waals surface area (Å²) < 4.78 is 19.0. The zero-order valence-electron chi connectivity index (χ0n) is 9.23. The Bertz CT molecular complexity index is 408.